The van der Waals surface area contributed by atoms with E-state index in [4.69, 9.17) is 14.2 Å². The van der Waals surface area contributed by atoms with Crippen molar-refractivity contribution >= 4 is 45.2 Å². The van der Waals surface area contributed by atoms with Crippen LogP contribution in [0.2, 0.25) is 0 Å². The monoisotopic (exact) mass is 648 g/mol. The molecule has 0 aliphatic carbocycles. The Balaban J connectivity index is 1.40. The predicted molar refractivity (Wildman–Crippen MR) is 166 cm³/mol. The molecule has 4 aromatic carbocycles. The molecule has 1 amide bonds. The molecule has 1 N–H and O–H groups in total. The number of ether oxygens (including phenoxy) is 3. The summed E-state index contributed by atoms with van der Waals surface area (Å²) >= 11 is 3.51. The van der Waals surface area contributed by atoms with Crippen LogP contribution in [0.5, 0.6) is 17.2 Å². The van der Waals surface area contributed by atoms with Crippen LogP contribution in [-0.2, 0) is 10.2 Å². The number of nitrogens with zero attached hydrogens (tertiary/aromatic N) is 1. The lowest BCUT2D eigenvalue weighted by Gasteiger charge is -2.38. The molecule has 8 nitrogen and oxygen atoms in total. The van der Waals surface area contributed by atoms with E-state index in [1.54, 1.807) is 43.5 Å². The number of para-hydroxylation sites is 1. The first kappa shape index (κ1) is 26.7. The van der Waals surface area contributed by atoms with Gasteiger partial charge >= 0.3 is 0 Å². The Hall–Kier alpha value is -4.89. The van der Waals surface area contributed by atoms with E-state index < -0.39 is 23.4 Å². The molecule has 1 fully saturated rings. The fraction of sp³-hybridized carbons (Fsp3) is 0.171. The number of fused-ring (bicyclic) bond motifs is 7. The van der Waals surface area contributed by atoms with Crippen molar-refractivity contribution in [1.82, 2.24) is 4.90 Å². The second-order valence-electron chi connectivity index (χ2n) is 11.2. The zero-order valence-corrected chi connectivity index (χ0v) is 25.0. The Labute approximate surface area is 261 Å². The van der Waals surface area contributed by atoms with Crippen LogP contribution in [0.1, 0.15) is 43.4 Å². The first-order valence-corrected chi connectivity index (χ1v) is 15.0. The average Bonchev–Trinajstić information content (AvgIpc) is 3.73. The van der Waals surface area contributed by atoms with Crippen molar-refractivity contribution in [3.8, 4) is 17.2 Å². The van der Waals surface area contributed by atoms with Crippen LogP contribution in [-0.4, -0.2) is 42.3 Å². The standard InChI is InChI=1S/C35H25BrN2O6/c1-42-26-12-10-20(16-24(26)36)32(40)30-29(31(39)21-11-13-27-28(17-21)44-18-43-27)35(23-8-4-5-9-25(23)37-34(35)41)33-22-7-3-2-6-19(22)14-15-38(30)33/h2-17,29-30,33H,18H2,1H3,(H,37,41)/t29-,30+,33+,35-/m1/s1. The van der Waals surface area contributed by atoms with Gasteiger partial charge in [-0.05, 0) is 81.2 Å². The Morgan fingerprint density at radius 3 is 2.52 bits per heavy atom. The number of hydrogen-bond acceptors (Lipinski definition) is 7. The number of benzene rings is 4. The molecule has 1 saturated heterocycles. The summed E-state index contributed by atoms with van der Waals surface area (Å²) in [5, 5.41) is 3.07. The van der Waals surface area contributed by atoms with E-state index >= 15 is 4.79 Å². The minimum atomic E-state index is -1.42. The lowest BCUT2D eigenvalue weighted by molar-refractivity contribution is -0.122. The van der Waals surface area contributed by atoms with Crippen molar-refractivity contribution in [3.05, 3.63) is 123 Å². The highest BCUT2D eigenvalue weighted by molar-refractivity contribution is 9.10. The van der Waals surface area contributed by atoms with E-state index in [2.05, 4.69) is 21.2 Å². The Kier molecular flexibility index (Phi) is 5.96. The van der Waals surface area contributed by atoms with Gasteiger partial charge in [-0.15, -0.1) is 0 Å². The third-order valence-electron chi connectivity index (χ3n) is 9.21. The third-order valence-corrected chi connectivity index (χ3v) is 9.83. The third kappa shape index (κ3) is 3.59. The number of Topliss-reactive ketones (excluding diaryl/α,β-unsaturated/α-hetero) is 2. The molecule has 4 heterocycles. The molecule has 4 aromatic rings. The Morgan fingerprint density at radius 1 is 0.932 bits per heavy atom. The summed E-state index contributed by atoms with van der Waals surface area (Å²) in [5.74, 6) is -0.464. The van der Waals surface area contributed by atoms with E-state index in [1.165, 1.54) is 0 Å². The zero-order valence-electron chi connectivity index (χ0n) is 23.5. The second-order valence-corrected chi connectivity index (χ2v) is 12.1. The topological polar surface area (TPSA) is 94.2 Å². The van der Waals surface area contributed by atoms with Crippen LogP contribution >= 0.6 is 15.9 Å². The molecule has 218 valence electrons. The maximum absolute atomic E-state index is 15.0. The number of ketones is 2. The number of rotatable bonds is 5. The fourth-order valence-corrected chi connectivity index (χ4v) is 7.93. The lowest BCUT2D eigenvalue weighted by atomic mass is 9.62. The van der Waals surface area contributed by atoms with Gasteiger partial charge < -0.3 is 24.4 Å². The highest BCUT2D eigenvalue weighted by atomic mass is 79.9. The summed E-state index contributed by atoms with van der Waals surface area (Å²) in [4.78, 5) is 46.3. The first-order valence-electron chi connectivity index (χ1n) is 14.2. The number of halogens is 1. The van der Waals surface area contributed by atoms with Gasteiger partial charge in [-0.1, -0.05) is 42.5 Å². The van der Waals surface area contributed by atoms with Crippen LogP contribution in [0.3, 0.4) is 0 Å². The summed E-state index contributed by atoms with van der Waals surface area (Å²) in [6.07, 6.45) is 3.80. The maximum Gasteiger partial charge on any atom is 0.238 e. The molecule has 0 saturated carbocycles. The molecular formula is C35H25BrN2O6. The van der Waals surface area contributed by atoms with Gasteiger partial charge in [0, 0.05) is 23.0 Å². The van der Waals surface area contributed by atoms with Gasteiger partial charge in [-0.2, -0.15) is 0 Å². The number of anilines is 1. The molecule has 4 atom stereocenters. The molecule has 4 aliphatic heterocycles. The van der Waals surface area contributed by atoms with Crippen molar-refractivity contribution in [2.24, 2.45) is 5.92 Å². The molecule has 4 aliphatic rings. The summed E-state index contributed by atoms with van der Waals surface area (Å²) in [5.41, 5.74) is 2.43. The minimum absolute atomic E-state index is 0.0566. The zero-order chi connectivity index (χ0) is 30.2. The minimum Gasteiger partial charge on any atom is -0.496 e. The number of amides is 1. The summed E-state index contributed by atoms with van der Waals surface area (Å²) in [7, 11) is 1.55. The van der Waals surface area contributed by atoms with Gasteiger partial charge in [-0.3, -0.25) is 14.4 Å². The number of carbonyl (C=O) groups is 3. The van der Waals surface area contributed by atoms with E-state index in [0.717, 1.165) is 11.1 Å². The Bertz CT molecular complexity index is 1940. The molecule has 9 heteroatoms. The van der Waals surface area contributed by atoms with E-state index in [9.17, 15) is 9.59 Å². The lowest BCUT2D eigenvalue weighted by Crippen LogP contribution is -2.49. The molecule has 44 heavy (non-hydrogen) atoms. The van der Waals surface area contributed by atoms with Crippen molar-refractivity contribution < 1.29 is 28.6 Å². The summed E-state index contributed by atoms with van der Waals surface area (Å²) in [6, 6.07) is 23.8. The SMILES string of the molecule is COc1ccc(C(=O)[C@@H]2[C@H](C(=O)c3ccc4c(c3)OCO4)[C@@]3(C(=O)Nc4ccccc43)[C@@H]3c4ccccc4C=CN23)cc1Br. The second kappa shape index (κ2) is 9.82. The van der Waals surface area contributed by atoms with Crippen LogP contribution in [0.15, 0.2) is 95.6 Å². The molecule has 8 rings (SSSR count). The van der Waals surface area contributed by atoms with Gasteiger partial charge in [0.2, 0.25) is 12.7 Å². The van der Waals surface area contributed by atoms with Gasteiger partial charge in [0.25, 0.3) is 0 Å². The first-order chi connectivity index (χ1) is 21.4. The van der Waals surface area contributed by atoms with Gasteiger partial charge in [0.1, 0.15) is 17.2 Å². The predicted octanol–water partition coefficient (Wildman–Crippen LogP) is 6.17. The van der Waals surface area contributed by atoms with Crippen molar-refractivity contribution in [2.45, 2.75) is 17.5 Å². The van der Waals surface area contributed by atoms with Crippen LogP contribution < -0.4 is 19.5 Å². The number of nitrogens with one attached hydrogen (secondary N) is 1. The fourth-order valence-electron chi connectivity index (χ4n) is 7.39. The van der Waals surface area contributed by atoms with Gasteiger partial charge in [0.15, 0.2) is 23.1 Å². The molecule has 1 spiro atoms. The largest absolute Gasteiger partial charge is 0.496 e. The van der Waals surface area contributed by atoms with Crippen LogP contribution in [0.25, 0.3) is 6.08 Å². The van der Waals surface area contributed by atoms with Crippen molar-refractivity contribution in [3.63, 3.8) is 0 Å². The van der Waals surface area contributed by atoms with Gasteiger partial charge in [0.05, 0.1) is 23.5 Å². The van der Waals surface area contributed by atoms with Crippen LogP contribution in [0, 0.1) is 5.92 Å². The quantitative estimate of drug-likeness (QED) is 0.259. The Morgan fingerprint density at radius 2 is 1.68 bits per heavy atom. The van der Waals surface area contributed by atoms with Crippen molar-refractivity contribution in [1.29, 1.82) is 0 Å². The smallest absolute Gasteiger partial charge is 0.238 e. The van der Waals surface area contributed by atoms with Crippen molar-refractivity contribution in [2.75, 3.05) is 19.2 Å². The van der Waals surface area contributed by atoms with E-state index in [-0.39, 0.29) is 24.3 Å². The highest BCUT2D eigenvalue weighted by Gasteiger charge is 2.70. The van der Waals surface area contributed by atoms with Gasteiger partial charge in [-0.25, -0.2) is 0 Å². The molecular weight excluding hydrogens is 624 g/mol. The molecule has 0 bridgehead atoms. The summed E-state index contributed by atoms with van der Waals surface area (Å²) < 4.78 is 17.1. The number of methoxy groups -OCH3 is 1. The maximum atomic E-state index is 15.0. The average molecular weight is 649 g/mol. The normalized spacial score (nSPS) is 23.6. The van der Waals surface area contributed by atoms with Crippen LogP contribution in [0.4, 0.5) is 5.69 Å². The molecule has 0 radical (unpaired) electrons. The number of hydrogen-bond donors (Lipinski definition) is 1. The summed E-state index contributed by atoms with van der Waals surface area (Å²) in [6.45, 7) is 0.0566. The molecule has 0 aromatic heterocycles. The van der Waals surface area contributed by atoms with E-state index in [0.29, 0.717) is 44.1 Å². The molecule has 0 unspecified atom stereocenters. The number of carbonyl (C=O) groups excluding carboxylic acids is 3. The van der Waals surface area contributed by atoms with E-state index in [1.807, 2.05) is 65.7 Å². The highest BCUT2D eigenvalue weighted by Crippen LogP contribution is 2.62.